The molecule has 1 aliphatic rings. The van der Waals surface area contributed by atoms with Crippen LogP contribution < -0.4 is 5.63 Å². The van der Waals surface area contributed by atoms with Gasteiger partial charge in [-0.1, -0.05) is 36.1 Å². The quantitative estimate of drug-likeness (QED) is 0.666. The number of para-hydroxylation sites is 1. The second kappa shape index (κ2) is 6.68. The summed E-state index contributed by atoms with van der Waals surface area (Å²) in [5, 5.41) is 10.8. The van der Waals surface area contributed by atoms with E-state index in [0.29, 0.717) is 28.5 Å². The Morgan fingerprint density at radius 3 is 2.82 bits per heavy atom. The van der Waals surface area contributed by atoms with Gasteiger partial charge in [-0.25, -0.2) is 4.79 Å². The number of morpholine rings is 1. The Morgan fingerprint density at radius 1 is 1.32 bits per heavy atom. The highest BCUT2D eigenvalue weighted by Gasteiger charge is 2.18. The highest BCUT2D eigenvalue weighted by molar-refractivity contribution is 8.22. The molecule has 1 aromatic carbocycles. The molecular formula is C15H15NO4S2. The number of fused-ring (bicyclic) bond motifs is 1. The first kappa shape index (κ1) is 15.3. The van der Waals surface area contributed by atoms with Crippen LogP contribution in [0.3, 0.4) is 0 Å². The van der Waals surface area contributed by atoms with Crippen molar-refractivity contribution in [3.05, 3.63) is 40.2 Å². The summed E-state index contributed by atoms with van der Waals surface area (Å²) in [6.45, 7) is 2.82. The molecule has 0 spiro atoms. The standard InChI is InChI=1S/C15H15NO4S2/c17-13-10-3-1-2-4-12(10)20-14(18)11(13)9-22-15(21)16-5-7-19-8-6-16/h1-4,17H,5-9H2. The molecule has 116 valence electrons. The summed E-state index contributed by atoms with van der Waals surface area (Å²) in [6, 6.07) is 6.93. The predicted octanol–water partition coefficient (Wildman–Crippen LogP) is 2.35. The molecule has 0 aliphatic carbocycles. The van der Waals surface area contributed by atoms with Crippen molar-refractivity contribution in [1.29, 1.82) is 0 Å². The molecule has 2 aromatic rings. The first-order valence-electron chi connectivity index (χ1n) is 6.90. The van der Waals surface area contributed by atoms with Crippen LogP contribution in [0.15, 0.2) is 33.5 Å². The predicted molar refractivity (Wildman–Crippen MR) is 90.4 cm³/mol. The number of rotatable bonds is 2. The number of ether oxygens (including phenoxy) is 1. The number of nitrogens with zero attached hydrogens (tertiary/aromatic N) is 1. The number of hydrogen-bond acceptors (Lipinski definition) is 6. The van der Waals surface area contributed by atoms with Crippen LogP contribution in [0.1, 0.15) is 5.56 Å². The molecule has 5 nitrogen and oxygen atoms in total. The average molecular weight is 337 g/mol. The van der Waals surface area contributed by atoms with Gasteiger partial charge in [-0.05, 0) is 12.1 Å². The fraction of sp³-hybridized carbons (Fsp3) is 0.333. The Morgan fingerprint density at radius 2 is 2.05 bits per heavy atom. The van der Waals surface area contributed by atoms with Crippen molar-refractivity contribution in [3.8, 4) is 5.75 Å². The Balaban J connectivity index is 1.79. The summed E-state index contributed by atoms with van der Waals surface area (Å²) in [5.74, 6) is 0.263. The van der Waals surface area contributed by atoms with Crippen LogP contribution in [0.4, 0.5) is 0 Å². The lowest BCUT2D eigenvalue weighted by Crippen LogP contribution is -2.38. The van der Waals surface area contributed by atoms with E-state index in [4.69, 9.17) is 21.4 Å². The van der Waals surface area contributed by atoms with Gasteiger partial charge in [0.15, 0.2) is 0 Å². The summed E-state index contributed by atoms with van der Waals surface area (Å²) in [7, 11) is 0. The smallest absolute Gasteiger partial charge is 0.344 e. The van der Waals surface area contributed by atoms with Crippen LogP contribution in [0, 0.1) is 0 Å². The molecule has 7 heteroatoms. The minimum Gasteiger partial charge on any atom is -0.507 e. The molecule has 2 heterocycles. The van der Waals surface area contributed by atoms with Crippen LogP contribution in [0.25, 0.3) is 11.0 Å². The molecular weight excluding hydrogens is 322 g/mol. The van der Waals surface area contributed by atoms with Crippen molar-refractivity contribution < 1.29 is 14.3 Å². The molecule has 1 N–H and O–H groups in total. The van der Waals surface area contributed by atoms with E-state index in [1.807, 2.05) is 4.90 Å². The summed E-state index contributed by atoms with van der Waals surface area (Å²) in [6.07, 6.45) is 0. The van der Waals surface area contributed by atoms with Gasteiger partial charge in [0, 0.05) is 18.8 Å². The van der Waals surface area contributed by atoms with Gasteiger partial charge < -0.3 is 19.2 Å². The summed E-state index contributed by atoms with van der Waals surface area (Å²) < 4.78 is 11.2. The third-order valence-electron chi connectivity index (χ3n) is 3.49. The van der Waals surface area contributed by atoms with E-state index in [1.165, 1.54) is 11.8 Å². The highest BCUT2D eigenvalue weighted by Crippen LogP contribution is 2.29. The summed E-state index contributed by atoms with van der Waals surface area (Å²) in [5.41, 5.74) is 0.113. The van der Waals surface area contributed by atoms with E-state index in [1.54, 1.807) is 24.3 Å². The Kier molecular flexibility index (Phi) is 4.66. The van der Waals surface area contributed by atoms with Gasteiger partial charge in [0.25, 0.3) is 0 Å². The molecule has 0 bridgehead atoms. The first-order chi connectivity index (χ1) is 10.7. The molecule has 0 unspecified atom stereocenters. The van der Waals surface area contributed by atoms with Crippen LogP contribution >= 0.6 is 24.0 Å². The molecule has 3 rings (SSSR count). The highest BCUT2D eigenvalue weighted by atomic mass is 32.2. The molecule has 1 saturated heterocycles. The van der Waals surface area contributed by atoms with Crippen LogP contribution in [0.5, 0.6) is 5.75 Å². The lowest BCUT2D eigenvalue weighted by atomic mass is 10.2. The number of hydrogen-bond donors (Lipinski definition) is 1. The number of aromatic hydroxyl groups is 1. The fourth-order valence-corrected chi connectivity index (χ4v) is 3.52. The maximum absolute atomic E-state index is 12.0. The molecule has 0 radical (unpaired) electrons. The topological polar surface area (TPSA) is 62.9 Å². The fourth-order valence-electron chi connectivity index (χ4n) is 2.27. The van der Waals surface area contributed by atoms with Crippen molar-refractivity contribution in [2.75, 3.05) is 26.3 Å². The molecule has 0 saturated carbocycles. The molecule has 1 fully saturated rings. The van der Waals surface area contributed by atoms with Gasteiger partial charge >= 0.3 is 5.63 Å². The van der Waals surface area contributed by atoms with Crippen molar-refractivity contribution >= 4 is 39.3 Å². The van der Waals surface area contributed by atoms with Crippen molar-refractivity contribution in [2.24, 2.45) is 0 Å². The zero-order chi connectivity index (χ0) is 15.5. The molecule has 1 aromatic heterocycles. The van der Waals surface area contributed by atoms with Gasteiger partial charge in [0.2, 0.25) is 0 Å². The third-order valence-corrected chi connectivity index (χ3v) is 5.04. The Bertz CT molecular complexity index is 753. The van der Waals surface area contributed by atoms with Gasteiger partial charge in [0.1, 0.15) is 15.7 Å². The van der Waals surface area contributed by atoms with E-state index in [2.05, 4.69) is 0 Å². The van der Waals surface area contributed by atoms with Crippen molar-refractivity contribution in [3.63, 3.8) is 0 Å². The third kappa shape index (κ3) is 3.11. The maximum atomic E-state index is 12.0. The molecule has 22 heavy (non-hydrogen) atoms. The number of thioether (sulfide) groups is 1. The molecule has 1 aliphatic heterocycles. The first-order valence-corrected chi connectivity index (χ1v) is 8.29. The van der Waals surface area contributed by atoms with Crippen LogP contribution in [0.2, 0.25) is 0 Å². The second-order valence-electron chi connectivity index (χ2n) is 4.87. The number of benzene rings is 1. The van der Waals surface area contributed by atoms with Gasteiger partial charge in [-0.2, -0.15) is 0 Å². The van der Waals surface area contributed by atoms with E-state index < -0.39 is 5.63 Å². The molecule has 0 amide bonds. The van der Waals surface area contributed by atoms with E-state index in [9.17, 15) is 9.90 Å². The minimum atomic E-state index is -0.520. The summed E-state index contributed by atoms with van der Waals surface area (Å²) in [4.78, 5) is 14.1. The molecule has 0 atom stereocenters. The van der Waals surface area contributed by atoms with Gasteiger partial charge in [0.05, 0.1) is 24.2 Å². The number of thiocarbonyl (C=S) groups is 1. The van der Waals surface area contributed by atoms with Gasteiger partial charge in [-0.3, -0.25) is 0 Å². The SMILES string of the molecule is O=c1oc2ccccc2c(O)c1CSC(=S)N1CCOCC1. The zero-order valence-corrected chi connectivity index (χ0v) is 13.4. The maximum Gasteiger partial charge on any atom is 0.344 e. The van der Waals surface area contributed by atoms with E-state index in [0.717, 1.165) is 13.1 Å². The van der Waals surface area contributed by atoms with E-state index >= 15 is 0 Å². The second-order valence-corrected chi connectivity index (χ2v) is 6.48. The average Bonchev–Trinajstić information content (AvgIpc) is 2.55. The zero-order valence-electron chi connectivity index (χ0n) is 11.8. The lowest BCUT2D eigenvalue weighted by Gasteiger charge is -2.28. The normalized spacial score (nSPS) is 15.2. The largest absolute Gasteiger partial charge is 0.507 e. The van der Waals surface area contributed by atoms with Crippen molar-refractivity contribution in [2.45, 2.75) is 5.75 Å². The van der Waals surface area contributed by atoms with Crippen molar-refractivity contribution in [1.82, 2.24) is 4.90 Å². The Hall–Kier alpha value is -1.57. The van der Waals surface area contributed by atoms with Gasteiger partial charge in [-0.15, -0.1) is 0 Å². The van der Waals surface area contributed by atoms with E-state index in [-0.39, 0.29) is 17.1 Å². The monoisotopic (exact) mass is 337 g/mol. The lowest BCUT2D eigenvalue weighted by molar-refractivity contribution is 0.0702. The van der Waals surface area contributed by atoms with Crippen LogP contribution in [-0.4, -0.2) is 40.6 Å². The summed E-state index contributed by atoms with van der Waals surface area (Å²) >= 11 is 6.73. The van der Waals surface area contributed by atoms with Crippen LogP contribution in [-0.2, 0) is 10.5 Å². The minimum absolute atomic E-state index is 0.0240. The Labute approximate surface area is 136 Å².